The molecule has 2 aliphatic rings. The van der Waals surface area contributed by atoms with Crippen LogP contribution in [0.1, 0.15) is 88.0 Å². The molecule has 0 bridgehead atoms. The first-order valence-electron chi connectivity index (χ1n) is 13.4. The van der Waals surface area contributed by atoms with Crippen molar-refractivity contribution in [1.29, 1.82) is 0 Å². The molecule has 35 heavy (non-hydrogen) atoms. The Morgan fingerprint density at radius 2 is 1.91 bits per heavy atom. The van der Waals surface area contributed by atoms with E-state index in [9.17, 15) is 0 Å². The third kappa shape index (κ3) is 5.49. The number of hydrogen-bond acceptors (Lipinski definition) is 4. The van der Waals surface area contributed by atoms with Crippen LogP contribution >= 0.6 is 11.8 Å². The number of rotatable bonds is 9. The van der Waals surface area contributed by atoms with Gasteiger partial charge in [-0.05, 0) is 89.0 Å². The van der Waals surface area contributed by atoms with Gasteiger partial charge in [-0.1, -0.05) is 69.6 Å². The number of fused-ring (bicyclic) bond motifs is 3. The minimum atomic E-state index is 0.291. The zero-order valence-electron chi connectivity index (χ0n) is 22.6. The quantitative estimate of drug-likeness (QED) is 0.170. The average molecular weight is 493 g/mol. The molecule has 0 aromatic heterocycles. The van der Waals surface area contributed by atoms with Crippen molar-refractivity contribution < 1.29 is 4.84 Å². The molecule has 1 saturated carbocycles. The predicted octanol–water partition coefficient (Wildman–Crippen LogP) is 7.57. The highest BCUT2D eigenvalue weighted by Crippen LogP contribution is 2.57. The van der Waals surface area contributed by atoms with Crippen molar-refractivity contribution in [2.24, 2.45) is 16.5 Å². The summed E-state index contributed by atoms with van der Waals surface area (Å²) in [5.74, 6) is 1.32. The maximum Gasteiger partial charge on any atom is 0.106 e. The molecule has 0 spiro atoms. The van der Waals surface area contributed by atoms with Gasteiger partial charge in [-0.2, -0.15) is 0 Å². The minimum absolute atomic E-state index is 0.291. The molecule has 190 valence electrons. The summed E-state index contributed by atoms with van der Waals surface area (Å²) < 4.78 is 0. The van der Waals surface area contributed by atoms with Gasteiger partial charge in [0.05, 0.1) is 5.71 Å². The third-order valence-corrected chi connectivity index (χ3v) is 9.60. The van der Waals surface area contributed by atoms with Gasteiger partial charge < -0.3 is 10.2 Å². The molecule has 0 radical (unpaired) electrons. The Morgan fingerprint density at radius 1 is 1.14 bits per heavy atom. The summed E-state index contributed by atoms with van der Waals surface area (Å²) in [4.78, 5) is 6.45. The zero-order valence-corrected chi connectivity index (χ0v) is 23.4. The Labute approximate surface area is 217 Å². The molecule has 0 aliphatic heterocycles. The topological polar surface area (TPSA) is 33.6 Å². The highest BCUT2D eigenvalue weighted by molar-refractivity contribution is 7.98. The number of nitrogens with zero attached hydrogens (tertiary/aromatic N) is 1. The fraction of sp³-hybridized carbons (Fsp3) is 0.581. The van der Waals surface area contributed by atoms with Gasteiger partial charge in [0.25, 0.3) is 0 Å². The highest BCUT2D eigenvalue weighted by atomic mass is 32.2. The Bertz CT molecular complexity index is 1030. The number of hydrogen-bond donors (Lipinski definition) is 1. The van der Waals surface area contributed by atoms with Crippen molar-refractivity contribution in [1.82, 2.24) is 5.32 Å². The van der Waals surface area contributed by atoms with Gasteiger partial charge in [0, 0.05) is 24.4 Å². The van der Waals surface area contributed by atoms with E-state index in [1.165, 1.54) is 42.6 Å². The Hall–Kier alpha value is -1.78. The summed E-state index contributed by atoms with van der Waals surface area (Å²) >= 11 is 1.76. The summed E-state index contributed by atoms with van der Waals surface area (Å²) in [5, 5.41) is 8.18. The molecule has 2 aromatic carbocycles. The van der Waals surface area contributed by atoms with Crippen LogP contribution in [0.3, 0.4) is 0 Å². The summed E-state index contributed by atoms with van der Waals surface area (Å²) in [6.45, 7) is 11.7. The van der Waals surface area contributed by atoms with Crippen molar-refractivity contribution in [3.05, 3.63) is 64.7 Å². The van der Waals surface area contributed by atoms with Crippen LogP contribution in [0.2, 0.25) is 0 Å². The van der Waals surface area contributed by atoms with Gasteiger partial charge in [-0.3, -0.25) is 0 Å². The third-order valence-electron chi connectivity index (χ3n) is 8.86. The van der Waals surface area contributed by atoms with E-state index in [1.54, 1.807) is 30.0 Å². The van der Waals surface area contributed by atoms with E-state index in [0.29, 0.717) is 16.7 Å². The summed E-state index contributed by atoms with van der Waals surface area (Å²) in [7, 11) is 1.64. The van der Waals surface area contributed by atoms with Crippen LogP contribution in [0.4, 0.5) is 0 Å². The smallest absolute Gasteiger partial charge is 0.106 e. The maximum absolute atomic E-state index is 5.18. The molecule has 3 unspecified atom stereocenters. The van der Waals surface area contributed by atoms with Gasteiger partial charge in [0.15, 0.2) is 0 Å². The molecule has 0 amide bonds. The summed E-state index contributed by atoms with van der Waals surface area (Å²) in [6.07, 6.45) is 9.45. The van der Waals surface area contributed by atoms with Crippen molar-refractivity contribution in [3.8, 4) is 0 Å². The van der Waals surface area contributed by atoms with Crippen molar-refractivity contribution in [2.45, 2.75) is 82.4 Å². The molecule has 0 heterocycles. The second kappa shape index (κ2) is 11.1. The lowest BCUT2D eigenvalue weighted by atomic mass is 9.49. The Balaban J connectivity index is 1.42. The van der Waals surface area contributed by atoms with Gasteiger partial charge in [0.1, 0.15) is 7.11 Å². The van der Waals surface area contributed by atoms with E-state index < -0.39 is 0 Å². The first-order chi connectivity index (χ1) is 16.8. The lowest BCUT2D eigenvalue weighted by Crippen LogP contribution is -2.52. The summed E-state index contributed by atoms with van der Waals surface area (Å²) in [5.41, 5.74) is 7.50. The molecule has 4 rings (SSSR count). The van der Waals surface area contributed by atoms with E-state index in [1.807, 2.05) is 0 Å². The standard InChI is InChI=1S/C31H44N2OS/c1-22(2)24-10-14-27-25(20-24)11-15-29-30(3,17-7-18-31(27,29)4)21-32-19-16-28(33-34-5)23-8-12-26(35-6)13-9-23/h8-10,12-14,20,22,29,32H,7,11,15-19,21H2,1-6H3/b33-28+. The molecule has 1 N–H and O–H groups in total. The Morgan fingerprint density at radius 3 is 2.60 bits per heavy atom. The number of thioether (sulfide) groups is 1. The van der Waals surface area contributed by atoms with Crippen LogP contribution in [-0.2, 0) is 16.7 Å². The molecule has 3 nitrogen and oxygen atoms in total. The molecule has 2 aromatic rings. The first-order valence-corrected chi connectivity index (χ1v) is 14.6. The van der Waals surface area contributed by atoms with Gasteiger partial charge in [-0.15, -0.1) is 11.8 Å². The van der Waals surface area contributed by atoms with Crippen LogP contribution < -0.4 is 5.32 Å². The van der Waals surface area contributed by atoms with Gasteiger partial charge in [0.2, 0.25) is 0 Å². The maximum atomic E-state index is 5.18. The highest BCUT2D eigenvalue weighted by Gasteiger charge is 2.51. The van der Waals surface area contributed by atoms with Crippen molar-refractivity contribution in [2.75, 3.05) is 26.5 Å². The van der Waals surface area contributed by atoms with Crippen molar-refractivity contribution in [3.63, 3.8) is 0 Å². The average Bonchev–Trinajstić information content (AvgIpc) is 2.85. The largest absolute Gasteiger partial charge is 0.399 e. The normalized spacial score (nSPS) is 26.4. The molecule has 1 fully saturated rings. The van der Waals surface area contributed by atoms with E-state index in [2.05, 4.69) is 86.9 Å². The van der Waals surface area contributed by atoms with E-state index in [4.69, 9.17) is 4.84 Å². The minimum Gasteiger partial charge on any atom is -0.399 e. The van der Waals surface area contributed by atoms with E-state index in [0.717, 1.165) is 36.7 Å². The number of oxime groups is 1. The van der Waals surface area contributed by atoms with E-state index in [-0.39, 0.29) is 0 Å². The van der Waals surface area contributed by atoms with Crippen LogP contribution in [0.15, 0.2) is 52.5 Å². The second-order valence-corrected chi connectivity index (χ2v) is 12.3. The SMILES string of the molecule is CO/N=C(\CCNCC1(C)CCCC2(C)c3ccc(C(C)C)cc3CCC12)c1ccc(SC)cc1. The number of aryl methyl sites for hydroxylation is 1. The molecule has 2 aliphatic carbocycles. The summed E-state index contributed by atoms with van der Waals surface area (Å²) in [6, 6.07) is 16.0. The van der Waals surface area contributed by atoms with Crippen molar-refractivity contribution >= 4 is 17.5 Å². The molecular weight excluding hydrogens is 448 g/mol. The fourth-order valence-electron chi connectivity index (χ4n) is 6.93. The Kier molecular flexibility index (Phi) is 8.33. The molecule has 4 heteroatoms. The lowest BCUT2D eigenvalue weighted by molar-refractivity contribution is 0.0262. The van der Waals surface area contributed by atoms with Crippen LogP contribution in [0.5, 0.6) is 0 Å². The van der Waals surface area contributed by atoms with E-state index >= 15 is 0 Å². The zero-order chi connectivity index (χ0) is 25.1. The number of nitrogens with one attached hydrogen (secondary N) is 1. The predicted molar refractivity (Wildman–Crippen MR) is 151 cm³/mol. The van der Waals surface area contributed by atoms with Crippen LogP contribution in [0, 0.1) is 11.3 Å². The van der Waals surface area contributed by atoms with Gasteiger partial charge >= 0.3 is 0 Å². The number of benzene rings is 2. The molecule has 0 saturated heterocycles. The molecule has 3 atom stereocenters. The fourth-order valence-corrected chi connectivity index (χ4v) is 7.34. The van der Waals surface area contributed by atoms with Crippen LogP contribution in [0.25, 0.3) is 0 Å². The second-order valence-electron chi connectivity index (χ2n) is 11.5. The van der Waals surface area contributed by atoms with Crippen LogP contribution in [-0.4, -0.2) is 32.2 Å². The first kappa shape index (κ1) is 26.3. The van der Waals surface area contributed by atoms with Gasteiger partial charge in [-0.25, -0.2) is 0 Å². The monoisotopic (exact) mass is 492 g/mol. The molecular formula is C31H44N2OS. The lowest BCUT2D eigenvalue weighted by Gasteiger charge is -2.55.